The summed E-state index contributed by atoms with van der Waals surface area (Å²) in [6, 6.07) is 6.43. The third-order valence-corrected chi connectivity index (χ3v) is 4.07. The summed E-state index contributed by atoms with van der Waals surface area (Å²) in [5.74, 6) is -0.668. The van der Waals surface area contributed by atoms with Crippen LogP contribution in [0.1, 0.15) is 26.2 Å². The molecule has 0 aromatic heterocycles. The molecule has 0 atom stereocenters. The third-order valence-electron chi connectivity index (χ3n) is 4.07. The number of carbonyl (C=O) groups excluding carboxylic acids is 1. The molecule has 2 rings (SSSR count). The number of nitrogens with zero attached hydrogens (tertiary/aromatic N) is 1. The van der Waals surface area contributed by atoms with Crippen molar-refractivity contribution in [3.05, 3.63) is 30.1 Å². The number of piperidine rings is 1. The molecule has 0 unspecified atom stereocenters. The number of likely N-dealkylation sites (tertiary alicyclic amines) is 1. The zero-order valence-electron chi connectivity index (χ0n) is 12.7. The van der Waals surface area contributed by atoms with E-state index in [1.54, 1.807) is 18.2 Å². The SMILES string of the molecule is CCCN1CCC(Nc2ccccc2F)(C(=O)OC)CC1. The fourth-order valence-corrected chi connectivity index (χ4v) is 2.87. The van der Waals surface area contributed by atoms with Crippen LogP contribution in [0.25, 0.3) is 0 Å². The average molecular weight is 294 g/mol. The Morgan fingerprint density at radius 3 is 2.62 bits per heavy atom. The number of methoxy groups -OCH3 is 1. The van der Waals surface area contributed by atoms with Crippen molar-refractivity contribution in [2.45, 2.75) is 31.7 Å². The van der Waals surface area contributed by atoms with Gasteiger partial charge in [-0.3, -0.25) is 0 Å². The van der Waals surface area contributed by atoms with Gasteiger partial charge in [0.2, 0.25) is 0 Å². The van der Waals surface area contributed by atoms with Crippen LogP contribution in [0, 0.1) is 5.82 Å². The van der Waals surface area contributed by atoms with E-state index in [0.29, 0.717) is 18.5 Å². The smallest absolute Gasteiger partial charge is 0.331 e. The number of para-hydroxylation sites is 1. The van der Waals surface area contributed by atoms with Gasteiger partial charge in [0, 0.05) is 13.1 Å². The van der Waals surface area contributed by atoms with Gasteiger partial charge in [-0.25, -0.2) is 9.18 Å². The first-order valence-electron chi connectivity index (χ1n) is 7.45. The van der Waals surface area contributed by atoms with E-state index < -0.39 is 5.54 Å². The first-order valence-corrected chi connectivity index (χ1v) is 7.45. The zero-order valence-corrected chi connectivity index (χ0v) is 12.7. The number of halogens is 1. The van der Waals surface area contributed by atoms with Crippen LogP contribution in [0.2, 0.25) is 0 Å². The lowest BCUT2D eigenvalue weighted by Crippen LogP contribution is -2.55. The van der Waals surface area contributed by atoms with Crippen LogP contribution in [-0.4, -0.2) is 43.2 Å². The summed E-state index contributed by atoms with van der Waals surface area (Å²) in [6.07, 6.45) is 2.33. The molecule has 0 aliphatic carbocycles. The largest absolute Gasteiger partial charge is 0.467 e. The first-order chi connectivity index (χ1) is 10.1. The Morgan fingerprint density at radius 1 is 1.38 bits per heavy atom. The molecule has 0 bridgehead atoms. The average Bonchev–Trinajstić information content (AvgIpc) is 2.51. The molecule has 5 heteroatoms. The highest BCUT2D eigenvalue weighted by atomic mass is 19.1. The number of carbonyl (C=O) groups is 1. The molecule has 0 saturated carbocycles. The topological polar surface area (TPSA) is 41.6 Å². The number of rotatable bonds is 5. The van der Waals surface area contributed by atoms with Crippen LogP contribution in [0.5, 0.6) is 0 Å². The van der Waals surface area contributed by atoms with Crippen LogP contribution < -0.4 is 5.32 Å². The summed E-state index contributed by atoms with van der Waals surface area (Å²) in [6.45, 7) is 4.78. The number of esters is 1. The molecule has 0 amide bonds. The second kappa shape index (κ2) is 6.89. The van der Waals surface area contributed by atoms with Crippen LogP contribution in [-0.2, 0) is 9.53 Å². The van der Waals surface area contributed by atoms with E-state index in [1.165, 1.54) is 13.2 Å². The standard InChI is InChI=1S/C16H23FN2O2/c1-3-10-19-11-8-16(9-12-19,15(20)21-2)18-14-7-5-4-6-13(14)17/h4-7,18H,3,8-12H2,1-2H3. The van der Waals surface area contributed by atoms with Gasteiger partial charge in [-0.15, -0.1) is 0 Å². The summed E-state index contributed by atoms with van der Waals surface area (Å²) >= 11 is 0. The van der Waals surface area contributed by atoms with Crippen LogP contribution >= 0.6 is 0 Å². The highest BCUT2D eigenvalue weighted by molar-refractivity contribution is 5.84. The molecule has 0 spiro atoms. The fraction of sp³-hybridized carbons (Fsp3) is 0.562. The first kappa shape index (κ1) is 15.8. The molecule has 21 heavy (non-hydrogen) atoms. The molecule has 1 heterocycles. The van der Waals surface area contributed by atoms with Gasteiger partial charge in [0.05, 0.1) is 12.8 Å². The lowest BCUT2D eigenvalue weighted by molar-refractivity contribution is -0.147. The van der Waals surface area contributed by atoms with Gasteiger partial charge < -0.3 is 15.0 Å². The van der Waals surface area contributed by atoms with Gasteiger partial charge in [-0.2, -0.15) is 0 Å². The molecular weight excluding hydrogens is 271 g/mol. The van der Waals surface area contributed by atoms with Gasteiger partial charge in [-0.05, 0) is 37.9 Å². The highest BCUT2D eigenvalue weighted by Gasteiger charge is 2.42. The predicted octanol–water partition coefficient (Wildman–Crippen LogP) is 2.66. The summed E-state index contributed by atoms with van der Waals surface area (Å²) in [5, 5.41) is 3.10. The van der Waals surface area contributed by atoms with E-state index in [2.05, 4.69) is 17.1 Å². The number of benzene rings is 1. The van der Waals surface area contributed by atoms with E-state index in [0.717, 1.165) is 26.1 Å². The quantitative estimate of drug-likeness (QED) is 0.848. The normalized spacial score (nSPS) is 18.2. The highest BCUT2D eigenvalue weighted by Crippen LogP contribution is 2.29. The van der Waals surface area contributed by atoms with E-state index >= 15 is 0 Å². The van der Waals surface area contributed by atoms with Crippen molar-refractivity contribution in [1.29, 1.82) is 0 Å². The lowest BCUT2D eigenvalue weighted by Gasteiger charge is -2.40. The number of ether oxygens (including phenoxy) is 1. The Labute approximate surface area is 125 Å². The Morgan fingerprint density at radius 2 is 2.05 bits per heavy atom. The summed E-state index contributed by atoms with van der Waals surface area (Å²) in [7, 11) is 1.38. The minimum atomic E-state index is -0.832. The Kier molecular flexibility index (Phi) is 5.17. The van der Waals surface area contributed by atoms with Crippen molar-refractivity contribution in [2.24, 2.45) is 0 Å². The molecule has 1 aliphatic heterocycles. The van der Waals surface area contributed by atoms with E-state index in [9.17, 15) is 9.18 Å². The Balaban J connectivity index is 2.16. The van der Waals surface area contributed by atoms with Crippen molar-refractivity contribution < 1.29 is 13.9 Å². The van der Waals surface area contributed by atoms with Gasteiger partial charge in [0.1, 0.15) is 11.4 Å². The van der Waals surface area contributed by atoms with E-state index in [4.69, 9.17) is 4.74 Å². The maximum Gasteiger partial charge on any atom is 0.331 e. The molecule has 0 radical (unpaired) electrons. The van der Waals surface area contributed by atoms with Crippen molar-refractivity contribution in [3.8, 4) is 0 Å². The monoisotopic (exact) mass is 294 g/mol. The lowest BCUT2D eigenvalue weighted by atomic mass is 9.87. The molecule has 116 valence electrons. The molecule has 1 saturated heterocycles. The molecule has 4 nitrogen and oxygen atoms in total. The molecular formula is C16H23FN2O2. The van der Waals surface area contributed by atoms with Gasteiger partial charge >= 0.3 is 5.97 Å². The number of anilines is 1. The maximum absolute atomic E-state index is 13.9. The van der Waals surface area contributed by atoms with Gasteiger partial charge in [-0.1, -0.05) is 19.1 Å². The number of hydrogen-bond donors (Lipinski definition) is 1. The predicted molar refractivity (Wildman–Crippen MR) is 80.7 cm³/mol. The maximum atomic E-state index is 13.9. The van der Waals surface area contributed by atoms with Crippen molar-refractivity contribution in [2.75, 3.05) is 32.1 Å². The minimum absolute atomic E-state index is 0.318. The Hall–Kier alpha value is -1.62. The van der Waals surface area contributed by atoms with Crippen LogP contribution in [0.4, 0.5) is 10.1 Å². The van der Waals surface area contributed by atoms with Crippen molar-refractivity contribution in [3.63, 3.8) is 0 Å². The van der Waals surface area contributed by atoms with Gasteiger partial charge in [0.25, 0.3) is 0 Å². The fourth-order valence-electron chi connectivity index (χ4n) is 2.87. The summed E-state index contributed by atoms with van der Waals surface area (Å²) in [4.78, 5) is 14.6. The van der Waals surface area contributed by atoms with Crippen LogP contribution in [0.15, 0.2) is 24.3 Å². The van der Waals surface area contributed by atoms with Crippen LogP contribution in [0.3, 0.4) is 0 Å². The molecule has 1 N–H and O–H groups in total. The van der Waals surface area contributed by atoms with Gasteiger partial charge in [0.15, 0.2) is 0 Å². The second-order valence-corrected chi connectivity index (χ2v) is 5.52. The minimum Gasteiger partial charge on any atom is -0.467 e. The van der Waals surface area contributed by atoms with Crippen molar-refractivity contribution in [1.82, 2.24) is 4.90 Å². The molecule has 1 aromatic carbocycles. The van der Waals surface area contributed by atoms with E-state index in [-0.39, 0.29) is 11.8 Å². The molecule has 1 aromatic rings. The molecule has 1 fully saturated rings. The van der Waals surface area contributed by atoms with Crippen molar-refractivity contribution >= 4 is 11.7 Å². The number of hydrogen-bond acceptors (Lipinski definition) is 4. The Bertz CT molecular complexity index is 485. The summed E-state index contributed by atoms with van der Waals surface area (Å²) < 4.78 is 18.8. The van der Waals surface area contributed by atoms with E-state index in [1.807, 2.05) is 0 Å². The third kappa shape index (κ3) is 3.53. The summed E-state index contributed by atoms with van der Waals surface area (Å²) in [5.41, 5.74) is -0.479. The number of nitrogens with one attached hydrogen (secondary N) is 1. The zero-order chi connectivity index (χ0) is 15.3. The second-order valence-electron chi connectivity index (χ2n) is 5.52. The molecule has 1 aliphatic rings.